The number of rotatable bonds is 4. The molecule has 0 aliphatic rings. The number of hydrogen-bond acceptors (Lipinski definition) is 4. The third-order valence-corrected chi connectivity index (χ3v) is 3.02. The lowest BCUT2D eigenvalue weighted by atomic mass is 10.1. The van der Waals surface area contributed by atoms with Crippen LogP contribution in [-0.2, 0) is 0 Å². The molecule has 0 bridgehead atoms. The molecule has 0 aliphatic heterocycles. The Morgan fingerprint density at radius 1 is 1.37 bits per heavy atom. The van der Waals surface area contributed by atoms with E-state index < -0.39 is 5.97 Å². The van der Waals surface area contributed by atoms with E-state index in [1.165, 1.54) is 12.3 Å². The van der Waals surface area contributed by atoms with Crippen LogP contribution in [0.25, 0.3) is 0 Å². The maximum Gasteiger partial charge on any atom is 0.339 e. The second kappa shape index (κ2) is 5.67. The van der Waals surface area contributed by atoms with Gasteiger partial charge in [0.2, 0.25) is 0 Å². The van der Waals surface area contributed by atoms with Gasteiger partial charge < -0.3 is 10.4 Å². The van der Waals surface area contributed by atoms with Crippen LogP contribution in [0.2, 0.25) is 5.02 Å². The molecule has 1 atom stereocenters. The van der Waals surface area contributed by atoms with Crippen molar-refractivity contribution in [3.63, 3.8) is 0 Å². The van der Waals surface area contributed by atoms with E-state index in [9.17, 15) is 4.79 Å². The van der Waals surface area contributed by atoms with Crippen LogP contribution in [0.4, 0.5) is 5.82 Å². The molecule has 0 aliphatic carbocycles. The number of nitrogens with zero attached hydrogens (tertiary/aromatic N) is 2. The molecule has 1 unspecified atom stereocenters. The summed E-state index contributed by atoms with van der Waals surface area (Å²) in [6.07, 6.45) is 1.34. The third kappa shape index (κ3) is 3.00. The average molecular weight is 278 g/mol. The number of carboxylic acids is 1. The van der Waals surface area contributed by atoms with E-state index >= 15 is 0 Å². The topological polar surface area (TPSA) is 75.1 Å². The Morgan fingerprint density at radius 2 is 2.11 bits per heavy atom. The number of carbonyl (C=O) groups is 1. The van der Waals surface area contributed by atoms with Gasteiger partial charge in [-0.1, -0.05) is 29.8 Å². The van der Waals surface area contributed by atoms with E-state index in [-0.39, 0.29) is 17.4 Å². The van der Waals surface area contributed by atoms with Crippen LogP contribution in [0, 0.1) is 0 Å². The number of aromatic nitrogens is 2. The molecule has 0 fully saturated rings. The summed E-state index contributed by atoms with van der Waals surface area (Å²) in [6, 6.07) is 8.58. The molecule has 5 nitrogen and oxygen atoms in total. The van der Waals surface area contributed by atoms with Crippen molar-refractivity contribution in [2.45, 2.75) is 13.0 Å². The van der Waals surface area contributed by atoms with E-state index in [0.717, 1.165) is 5.56 Å². The second-order valence-electron chi connectivity index (χ2n) is 3.99. The molecule has 2 N–H and O–H groups in total. The zero-order valence-electron chi connectivity index (χ0n) is 10.2. The van der Waals surface area contributed by atoms with Gasteiger partial charge in [-0.25, -0.2) is 4.79 Å². The summed E-state index contributed by atoms with van der Waals surface area (Å²) >= 11 is 6.10. The summed E-state index contributed by atoms with van der Waals surface area (Å²) in [4.78, 5) is 11.1. The molecule has 0 spiro atoms. The summed E-state index contributed by atoms with van der Waals surface area (Å²) in [5.74, 6) is -0.828. The van der Waals surface area contributed by atoms with E-state index in [0.29, 0.717) is 5.02 Å². The van der Waals surface area contributed by atoms with Crippen LogP contribution >= 0.6 is 11.6 Å². The third-order valence-electron chi connectivity index (χ3n) is 2.68. The molecule has 98 valence electrons. The van der Waals surface area contributed by atoms with Gasteiger partial charge in [-0.05, 0) is 24.6 Å². The van der Waals surface area contributed by atoms with Crippen LogP contribution in [-0.4, -0.2) is 21.3 Å². The SMILES string of the molecule is CC(Nc1nnccc1C(=O)O)c1ccccc1Cl. The summed E-state index contributed by atoms with van der Waals surface area (Å²) in [5.41, 5.74) is 0.945. The molecular weight excluding hydrogens is 266 g/mol. The Balaban J connectivity index is 2.27. The van der Waals surface area contributed by atoms with E-state index in [1.54, 1.807) is 6.07 Å². The van der Waals surface area contributed by atoms with Crippen molar-refractivity contribution in [3.05, 3.63) is 52.7 Å². The number of hydrogen-bond donors (Lipinski definition) is 2. The normalized spacial score (nSPS) is 11.9. The van der Waals surface area contributed by atoms with Gasteiger partial charge in [0.15, 0.2) is 5.82 Å². The molecule has 2 rings (SSSR count). The van der Waals surface area contributed by atoms with Crippen LogP contribution in [0.15, 0.2) is 36.5 Å². The number of nitrogens with one attached hydrogen (secondary N) is 1. The largest absolute Gasteiger partial charge is 0.478 e. The first-order valence-electron chi connectivity index (χ1n) is 5.65. The van der Waals surface area contributed by atoms with Crippen LogP contribution in [0.5, 0.6) is 0 Å². The van der Waals surface area contributed by atoms with Gasteiger partial charge in [0.05, 0.1) is 12.2 Å². The number of carboxylic acid groups (broad SMARTS) is 1. The van der Waals surface area contributed by atoms with Crippen molar-refractivity contribution in [1.82, 2.24) is 10.2 Å². The fourth-order valence-corrected chi connectivity index (χ4v) is 2.02. The highest BCUT2D eigenvalue weighted by Crippen LogP contribution is 2.25. The van der Waals surface area contributed by atoms with Crippen molar-refractivity contribution in [1.29, 1.82) is 0 Å². The predicted molar refractivity (Wildman–Crippen MR) is 72.5 cm³/mol. The van der Waals surface area contributed by atoms with Gasteiger partial charge in [-0.15, -0.1) is 5.10 Å². The van der Waals surface area contributed by atoms with Gasteiger partial charge in [0, 0.05) is 5.02 Å². The molecule has 2 aromatic rings. The first kappa shape index (κ1) is 13.3. The molecule has 1 heterocycles. The molecular formula is C13H12ClN3O2. The molecule has 1 aromatic heterocycles. The molecule has 0 radical (unpaired) electrons. The monoisotopic (exact) mass is 277 g/mol. The molecule has 1 aromatic carbocycles. The Hall–Kier alpha value is -2.14. The first-order chi connectivity index (χ1) is 9.09. The Bertz CT molecular complexity index is 604. The molecule has 0 amide bonds. The zero-order valence-corrected chi connectivity index (χ0v) is 10.9. The zero-order chi connectivity index (χ0) is 13.8. The van der Waals surface area contributed by atoms with Crippen molar-refractivity contribution in [2.75, 3.05) is 5.32 Å². The number of anilines is 1. The standard InChI is InChI=1S/C13H12ClN3O2/c1-8(9-4-2-3-5-11(9)14)16-12-10(13(18)19)6-7-15-17-12/h2-8H,1H3,(H,16,17)(H,18,19). The lowest BCUT2D eigenvalue weighted by Gasteiger charge is -2.16. The maximum atomic E-state index is 11.1. The van der Waals surface area contributed by atoms with Gasteiger partial charge in [-0.3, -0.25) is 0 Å². The highest BCUT2D eigenvalue weighted by Gasteiger charge is 2.15. The van der Waals surface area contributed by atoms with Gasteiger partial charge in [0.25, 0.3) is 0 Å². The van der Waals surface area contributed by atoms with E-state index in [1.807, 2.05) is 25.1 Å². The second-order valence-corrected chi connectivity index (χ2v) is 4.39. The minimum atomic E-state index is -1.05. The number of aromatic carboxylic acids is 1. The number of halogens is 1. The molecule has 19 heavy (non-hydrogen) atoms. The predicted octanol–water partition coefficient (Wildman–Crippen LogP) is 3.00. The lowest BCUT2D eigenvalue weighted by Crippen LogP contribution is -2.13. The first-order valence-corrected chi connectivity index (χ1v) is 6.03. The Morgan fingerprint density at radius 3 is 2.79 bits per heavy atom. The van der Waals surface area contributed by atoms with E-state index in [4.69, 9.17) is 16.7 Å². The van der Waals surface area contributed by atoms with E-state index in [2.05, 4.69) is 15.5 Å². The molecule has 6 heteroatoms. The van der Waals surface area contributed by atoms with Crippen molar-refractivity contribution in [2.24, 2.45) is 0 Å². The Labute approximate surface area is 115 Å². The summed E-state index contributed by atoms with van der Waals surface area (Å²) < 4.78 is 0. The Kier molecular flexibility index (Phi) is 3.97. The van der Waals surface area contributed by atoms with Gasteiger partial charge in [-0.2, -0.15) is 5.10 Å². The quantitative estimate of drug-likeness (QED) is 0.898. The van der Waals surface area contributed by atoms with Crippen molar-refractivity contribution < 1.29 is 9.90 Å². The van der Waals surface area contributed by atoms with Crippen LogP contribution in [0.1, 0.15) is 28.9 Å². The van der Waals surface area contributed by atoms with Gasteiger partial charge in [0.1, 0.15) is 5.56 Å². The minimum Gasteiger partial charge on any atom is -0.478 e. The highest BCUT2D eigenvalue weighted by molar-refractivity contribution is 6.31. The smallest absolute Gasteiger partial charge is 0.339 e. The average Bonchev–Trinajstić information content (AvgIpc) is 2.39. The van der Waals surface area contributed by atoms with Crippen LogP contribution < -0.4 is 5.32 Å². The fourth-order valence-electron chi connectivity index (χ4n) is 1.72. The number of benzene rings is 1. The summed E-state index contributed by atoms with van der Waals surface area (Å²) in [7, 11) is 0. The van der Waals surface area contributed by atoms with Crippen molar-refractivity contribution >= 4 is 23.4 Å². The summed E-state index contributed by atoms with van der Waals surface area (Å²) in [5, 5.41) is 20.2. The van der Waals surface area contributed by atoms with Gasteiger partial charge >= 0.3 is 5.97 Å². The molecule has 0 saturated heterocycles. The van der Waals surface area contributed by atoms with Crippen LogP contribution in [0.3, 0.4) is 0 Å². The highest BCUT2D eigenvalue weighted by atomic mass is 35.5. The maximum absolute atomic E-state index is 11.1. The summed E-state index contributed by atoms with van der Waals surface area (Å²) in [6.45, 7) is 1.88. The lowest BCUT2D eigenvalue weighted by molar-refractivity contribution is 0.0697. The van der Waals surface area contributed by atoms with Crippen molar-refractivity contribution in [3.8, 4) is 0 Å². The fraction of sp³-hybridized carbons (Fsp3) is 0.154. The minimum absolute atomic E-state index is 0.0777. The molecule has 0 saturated carbocycles.